The van der Waals surface area contributed by atoms with Crippen molar-refractivity contribution in [3.05, 3.63) is 11.6 Å². The number of likely N-dealkylation sites (tertiary alicyclic amines) is 1. The second-order valence-corrected chi connectivity index (χ2v) is 4.64. The molecule has 15 heavy (non-hydrogen) atoms. The van der Waals surface area contributed by atoms with Gasteiger partial charge in [0.2, 0.25) is 0 Å². The summed E-state index contributed by atoms with van der Waals surface area (Å²) in [5.74, 6) is 0. The van der Waals surface area contributed by atoms with Crippen LogP contribution in [-0.4, -0.2) is 55.7 Å². The molecule has 2 aliphatic heterocycles. The van der Waals surface area contributed by atoms with Crippen molar-refractivity contribution in [3.8, 4) is 0 Å². The first kappa shape index (κ1) is 11.1. The van der Waals surface area contributed by atoms with Crippen LogP contribution in [0, 0.1) is 0 Å². The van der Waals surface area contributed by atoms with E-state index < -0.39 is 0 Å². The van der Waals surface area contributed by atoms with Crippen LogP contribution in [0.15, 0.2) is 11.6 Å². The highest BCUT2D eigenvalue weighted by molar-refractivity contribution is 5.06. The van der Waals surface area contributed by atoms with Crippen molar-refractivity contribution in [2.24, 2.45) is 0 Å². The molecule has 0 atom stereocenters. The Bertz CT molecular complexity index is 193. The molecule has 0 aromatic carbocycles. The second kappa shape index (κ2) is 5.64. The molecule has 0 unspecified atom stereocenters. The zero-order valence-corrected chi connectivity index (χ0v) is 9.84. The summed E-state index contributed by atoms with van der Waals surface area (Å²) in [5.41, 5.74) is 1.58. The lowest BCUT2D eigenvalue weighted by Gasteiger charge is -2.21. The van der Waals surface area contributed by atoms with Gasteiger partial charge in [0.05, 0.1) is 0 Å². The van der Waals surface area contributed by atoms with E-state index in [1.165, 1.54) is 39.0 Å². The molecule has 0 bridgehead atoms. The Morgan fingerprint density at radius 1 is 1.13 bits per heavy atom. The third-order valence-corrected chi connectivity index (χ3v) is 3.40. The Kier molecular flexibility index (Phi) is 4.18. The highest BCUT2D eigenvalue weighted by atomic mass is 15.3. The topological polar surface area (TPSA) is 18.5 Å². The molecule has 0 amide bonds. The van der Waals surface area contributed by atoms with Crippen LogP contribution in [0.3, 0.4) is 0 Å². The number of hydrogen-bond acceptors (Lipinski definition) is 3. The molecule has 0 spiro atoms. The van der Waals surface area contributed by atoms with Crippen molar-refractivity contribution in [2.45, 2.75) is 19.8 Å². The summed E-state index contributed by atoms with van der Waals surface area (Å²) >= 11 is 0. The molecule has 0 aromatic rings. The van der Waals surface area contributed by atoms with E-state index in [-0.39, 0.29) is 0 Å². The zero-order valence-electron chi connectivity index (χ0n) is 9.84. The average Bonchev–Trinajstić information content (AvgIpc) is 2.89. The van der Waals surface area contributed by atoms with Crippen LogP contribution in [-0.2, 0) is 0 Å². The summed E-state index contributed by atoms with van der Waals surface area (Å²) < 4.78 is 0. The van der Waals surface area contributed by atoms with E-state index in [0.29, 0.717) is 0 Å². The first-order chi connectivity index (χ1) is 7.38. The average molecular weight is 209 g/mol. The maximum Gasteiger partial charge on any atom is 0.0484 e. The number of hydrogen-bond donors (Lipinski definition) is 1. The fourth-order valence-corrected chi connectivity index (χ4v) is 2.44. The summed E-state index contributed by atoms with van der Waals surface area (Å²) in [4.78, 5) is 5.07. The molecule has 0 aliphatic carbocycles. The van der Waals surface area contributed by atoms with Gasteiger partial charge < -0.3 is 5.32 Å². The fourth-order valence-electron chi connectivity index (χ4n) is 2.44. The van der Waals surface area contributed by atoms with Crippen LogP contribution < -0.4 is 5.32 Å². The first-order valence-corrected chi connectivity index (χ1v) is 6.18. The molecule has 0 saturated carbocycles. The molecule has 0 aromatic heterocycles. The predicted molar refractivity (Wildman–Crippen MR) is 63.9 cm³/mol. The molecule has 3 nitrogen and oxygen atoms in total. The van der Waals surface area contributed by atoms with Crippen molar-refractivity contribution < 1.29 is 0 Å². The monoisotopic (exact) mass is 209 g/mol. The minimum atomic E-state index is 1.07. The fraction of sp³-hybridized carbons (Fsp3) is 0.833. The molecule has 2 heterocycles. The van der Waals surface area contributed by atoms with Crippen LogP contribution in [0.25, 0.3) is 0 Å². The van der Waals surface area contributed by atoms with Crippen molar-refractivity contribution in [2.75, 3.05) is 45.9 Å². The van der Waals surface area contributed by atoms with Gasteiger partial charge in [-0.25, -0.2) is 0 Å². The SMILES string of the molecule is C/C=C(\CN1CCCC1)CN1CCNC1. The Labute approximate surface area is 93.1 Å². The summed E-state index contributed by atoms with van der Waals surface area (Å²) in [6, 6.07) is 0. The Hall–Kier alpha value is -0.380. The standard InChI is InChI=1S/C12H23N3/c1-2-12(9-14-6-3-4-7-14)10-15-8-5-13-11-15/h2,13H,3-11H2,1H3/b12-2+. The van der Waals surface area contributed by atoms with Crippen molar-refractivity contribution >= 4 is 0 Å². The Morgan fingerprint density at radius 3 is 2.47 bits per heavy atom. The van der Waals surface area contributed by atoms with Gasteiger partial charge >= 0.3 is 0 Å². The maximum absolute atomic E-state index is 3.38. The lowest BCUT2D eigenvalue weighted by atomic mass is 10.2. The quantitative estimate of drug-likeness (QED) is 0.694. The molecule has 2 rings (SSSR count). The summed E-state index contributed by atoms with van der Waals surface area (Å²) in [6.45, 7) is 10.5. The largest absolute Gasteiger partial charge is 0.303 e. The lowest BCUT2D eigenvalue weighted by molar-refractivity contribution is 0.324. The number of allylic oxidation sites excluding steroid dienone is 1. The van der Waals surface area contributed by atoms with Crippen LogP contribution in [0.1, 0.15) is 19.8 Å². The lowest BCUT2D eigenvalue weighted by Crippen LogP contribution is -2.30. The van der Waals surface area contributed by atoms with Gasteiger partial charge in [-0.3, -0.25) is 9.80 Å². The van der Waals surface area contributed by atoms with Gasteiger partial charge in [-0.05, 0) is 38.4 Å². The molecular formula is C12H23N3. The number of rotatable bonds is 4. The maximum atomic E-state index is 3.38. The molecule has 0 radical (unpaired) electrons. The van der Waals surface area contributed by atoms with Gasteiger partial charge in [-0.2, -0.15) is 0 Å². The van der Waals surface area contributed by atoms with Gasteiger partial charge in [-0.1, -0.05) is 6.08 Å². The van der Waals surface area contributed by atoms with Crippen LogP contribution >= 0.6 is 0 Å². The van der Waals surface area contributed by atoms with E-state index in [9.17, 15) is 0 Å². The van der Waals surface area contributed by atoms with Gasteiger partial charge in [0.1, 0.15) is 0 Å². The van der Waals surface area contributed by atoms with E-state index in [2.05, 4.69) is 28.1 Å². The molecular weight excluding hydrogens is 186 g/mol. The molecule has 86 valence electrons. The molecule has 2 saturated heterocycles. The van der Waals surface area contributed by atoms with E-state index >= 15 is 0 Å². The smallest absolute Gasteiger partial charge is 0.0484 e. The highest BCUT2D eigenvalue weighted by Gasteiger charge is 2.16. The second-order valence-electron chi connectivity index (χ2n) is 4.64. The van der Waals surface area contributed by atoms with Crippen molar-refractivity contribution in [3.63, 3.8) is 0 Å². The van der Waals surface area contributed by atoms with Crippen LogP contribution in [0.4, 0.5) is 0 Å². The minimum Gasteiger partial charge on any atom is -0.303 e. The van der Waals surface area contributed by atoms with Crippen LogP contribution in [0.2, 0.25) is 0 Å². The van der Waals surface area contributed by atoms with Crippen LogP contribution in [0.5, 0.6) is 0 Å². The highest BCUT2D eigenvalue weighted by Crippen LogP contribution is 2.11. The molecule has 3 heteroatoms. The summed E-state index contributed by atoms with van der Waals surface area (Å²) in [5, 5.41) is 3.38. The van der Waals surface area contributed by atoms with Gasteiger partial charge in [0, 0.05) is 32.8 Å². The van der Waals surface area contributed by atoms with Gasteiger partial charge in [0.25, 0.3) is 0 Å². The Balaban J connectivity index is 1.76. The molecule has 2 aliphatic rings. The third kappa shape index (κ3) is 3.30. The van der Waals surface area contributed by atoms with Crippen molar-refractivity contribution in [1.82, 2.24) is 15.1 Å². The van der Waals surface area contributed by atoms with E-state index in [1.807, 2.05) is 0 Å². The molecule has 2 fully saturated rings. The molecule has 1 N–H and O–H groups in total. The van der Waals surface area contributed by atoms with E-state index in [4.69, 9.17) is 0 Å². The van der Waals surface area contributed by atoms with Gasteiger partial charge in [-0.15, -0.1) is 0 Å². The summed E-state index contributed by atoms with van der Waals surface area (Å²) in [7, 11) is 0. The third-order valence-electron chi connectivity index (χ3n) is 3.40. The zero-order chi connectivity index (χ0) is 10.5. The van der Waals surface area contributed by atoms with E-state index in [1.54, 1.807) is 5.57 Å². The normalized spacial score (nSPS) is 25.3. The number of nitrogens with zero attached hydrogens (tertiary/aromatic N) is 2. The van der Waals surface area contributed by atoms with Gasteiger partial charge in [0.15, 0.2) is 0 Å². The minimum absolute atomic E-state index is 1.07. The van der Waals surface area contributed by atoms with E-state index in [0.717, 1.165) is 19.8 Å². The first-order valence-electron chi connectivity index (χ1n) is 6.18. The number of nitrogens with one attached hydrogen (secondary N) is 1. The Morgan fingerprint density at radius 2 is 1.87 bits per heavy atom. The predicted octanol–water partition coefficient (Wildman–Crippen LogP) is 0.891. The summed E-state index contributed by atoms with van der Waals surface area (Å²) in [6.07, 6.45) is 5.08. The van der Waals surface area contributed by atoms with Crippen molar-refractivity contribution in [1.29, 1.82) is 0 Å².